The lowest BCUT2D eigenvalue weighted by atomic mass is 9.68. The van der Waals surface area contributed by atoms with E-state index in [1.165, 1.54) is 11.0 Å². The van der Waals surface area contributed by atoms with Gasteiger partial charge in [-0.25, -0.2) is 14.0 Å². The van der Waals surface area contributed by atoms with Gasteiger partial charge in [-0.3, -0.25) is 29.9 Å². The Morgan fingerprint density at radius 3 is 2.63 bits per heavy atom. The molecule has 4 heterocycles. The van der Waals surface area contributed by atoms with E-state index in [1.807, 2.05) is 11.0 Å². The Labute approximate surface area is 234 Å². The summed E-state index contributed by atoms with van der Waals surface area (Å²) in [6, 6.07) is 8.28. The second-order valence-electron chi connectivity index (χ2n) is 10.5. The fourth-order valence-electron chi connectivity index (χ4n) is 6.02. The molecule has 214 valence electrons. The molecule has 3 N–H and O–H groups in total. The van der Waals surface area contributed by atoms with Gasteiger partial charge in [0.05, 0.1) is 38.0 Å². The summed E-state index contributed by atoms with van der Waals surface area (Å²) in [5.41, 5.74) is 0.972. The van der Waals surface area contributed by atoms with Crippen molar-refractivity contribution in [3.05, 3.63) is 47.8 Å². The van der Waals surface area contributed by atoms with E-state index in [2.05, 4.69) is 16.0 Å². The highest BCUT2D eigenvalue weighted by atomic mass is 19.1. The van der Waals surface area contributed by atoms with Crippen LogP contribution < -0.4 is 25.8 Å². The first-order valence-corrected chi connectivity index (χ1v) is 13.4. The second kappa shape index (κ2) is 10.1. The third-order valence-electron chi connectivity index (χ3n) is 8.12. The smallest absolute Gasteiger partial charge is 0.414 e. The lowest BCUT2D eigenvalue weighted by Gasteiger charge is -2.51. The van der Waals surface area contributed by atoms with Crippen molar-refractivity contribution in [3.8, 4) is 11.1 Å². The quantitative estimate of drug-likeness (QED) is 0.462. The van der Waals surface area contributed by atoms with Gasteiger partial charge < -0.3 is 19.7 Å². The Morgan fingerprint density at radius 1 is 1.12 bits per heavy atom. The molecule has 41 heavy (non-hydrogen) atoms. The van der Waals surface area contributed by atoms with Crippen LogP contribution in [0.4, 0.5) is 25.4 Å². The molecule has 13 heteroatoms. The highest BCUT2D eigenvalue weighted by Gasteiger charge is 2.60. The highest BCUT2D eigenvalue weighted by molar-refractivity contribution is 6.20. The van der Waals surface area contributed by atoms with Crippen LogP contribution in [0.3, 0.4) is 0 Å². The van der Waals surface area contributed by atoms with Crippen molar-refractivity contribution in [2.24, 2.45) is 5.41 Å². The number of carbonyl (C=O) groups is 5. The number of nitrogens with one attached hydrogen (secondary N) is 3. The third kappa shape index (κ3) is 4.46. The number of benzene rings is 2. The average molecular weight is 566 g/mol. The van der Waals surface area contributed by atoms with E-state index in [0.717, 1.165) is 5.69 Å². The lowest BCUT2D eigenvalue weighted by Crippen LogP contribution is -2.73. The van der Waals surface area contributed by atoms with E-state index in [-0.39, 0.29) is 37.6 Å². The summed E-state index contributed by atoms with van der Waals surface area (Å²) in [6.07, 6.45) is -0.869. The number of cyclic esters (lactones) is 1. The molecule has 2 aromatic carbocycles. The summed E-state index contributed by atoms with van der Waals surface area (Å²) >= 11 is 0. The van der Waals surface area contributed by atoms with Gasteiger partial charge in [-0.2, -0.15) is 0 Å². The summed E-state index contributed by atoms with van der Waals surface area (Å²) in [5, 5.41) is 7.15. The van der Waals surface area contributed by atoms with Crippen LogP contribution in [0.1, 0.15) is 18.9 Å². The minimum absolute atomic E-state index is 0.000918. The van der Waals surface area contributed by atoms with E-state index in [0.29, 0.717) is 36.4 Å². The minimum Gasteiger partial charge on any atom is -0.442 e. The number of hydrogen-bond donors (Lipinski definition) is 3. The fourth-order valence-corrected chi connectivity index (χ4v) is 6.02. The van der Waals surface area contributed by atoms with Crippen LogP contribution in [0.25, 0.3) is 11.1 Å². The highest BCUT2D eigenvalue weighted by Crippen LogP contribution is 2.45. The van der Waals surface area contributed by atoms with Crippen LogP contribution in [0.5, 0.6) is 0 Å². The van der Waals surface area contributed by atoms with Crippen molar-refractivity contribution >= 4 is 41.2 Å². The maximum Gasteiger partial charge on any atom is 0.414 e. The SMILES string of the molecule is CCC(=O)NC[C@H]1CN(c2ccc(-c3ccc4c(c3)CC3(C(=O)NC(=O)NC3=O)C3COCCN43)c(F)c2)C(=O)O1. The number of amides is 6. The maximum absolute atomic E-state index is 15.5. The number of imide groups is 2. The van der Waals surface area contributed by atoms with Crippen molar-refractivity contribution in [2.75, 3.05) is 42.6 Å². The van der Waals surface area contributed by atoms with Crippen molar-refractivity contribution in [1.29, 1.82) is 0 Å². The molecule has 0 bridgehead atoms. The summed E-state index contributed by atoms with van der Waals surface area (Å²) in [7, 11) is 0. The van der Waals surface area contributed by atoms with Crippen LogP contribution in [0, 0.1) is 11.2 Å². The van der Waals surface area contributed by atoms with Gasteiger partial charge in [0.1, 0.15) is 11.9 Å². The Morgan fingerprint density at radius 2 is 1.90 bits per heavy atom. The average Bonchev–Trinajstić information content (AvgIpc) is 3.34. The van der Waals surface area contributed by atoms with Crippen molar-refractivity contribution < 1.29 is 37.8 Å². The number of barbiturate groups is 1. The number of carbonyl (C=O) groups excluding carboxylic acids is 5. The molecular weight excluding hydrogens is 537 g/mol. The lowest BCUT2D eigenvalue weighted by molar-refractivity contribution is -0.148. The van der Waals surface area contributed by atoms with Crippen molar-refractivity contribution in [3.63, 3.8) is 0 Å². The monoisotopic (exact) mass is 565 g/mol. The Bertz CT molecular complexity index is 1460. The number of rotatable bonds is 5. The molecule has 6 rings (SSSR count). The van der Waals surface area contributed by atoms with Gasteiger partial charge in [0.25, 0.3) is 0 Å². The molecule has 2 atom stereocenters. The van der Waals surface area contributed by atoms with Gasteiger partial charge in [-0.1, -0.05) is 13.0 Å². The molecule has 0 radical (unpaired) electrons. The second-order valence-corrected chi connectivity index (χ2v) is 10.5. The molecule has 0 aliphatic carbocycles. The van der Waals surface area contributed by atoms with E-state index < -0.39 is 47.3 Å². The normalized spacial score (nSPS) is 23.0. The maximum atomic E-state index is 15.5. The van der Waals surface area contributed by atoms with Gasteiger partial charge in [-0.05, 0) is 47.9 Å². The Kier molecular flexibility index (Phi) is 6.60. The van der Waals surface area contributed by atoms with E-state index in [4.69, 9.17) is 9.47 Å². The van der Waals surface area contributed by atoms with Crippen LogP contribution in [0.2, 0.25) is 0 Å². The molecule has 3 saturated heterocycles. The molecule has 1 unspecified atom stereocenters. The topological polar surface area (TPSA) is 146 Å². The molecule has 4 aliphatic heterocycles. The molecule has 4 aliphatic rings. The molecule has 2 aromatic rings. The van der Waals surface area contributed by atoms with Crippen LogP contribution in [-0.4, -0.2) is 74.8 Å². The van der Waals surface area contributed by atoms with E-state index >= 15 is 4.39 Å². The zero-order valence-electron chi connectivity index (χ0n) is 22.2. The summed E-state index contributed by atoms with van der Waals surface area (Å²) < 4.78 is 26.4. The van der Waals surface area contributed by atoms with Gasteiger partial charge in [0, 0.05) is 24.2 Å². The van der Waals surface area contributed by atoms with Gasteiger partial charge >= 0.3 is 12.1 Å². The number of fused-ring (bicyclic) bond motifs is 4. The standard InChI is InChI=1S/C28H28FN5O7/c1-2-23(35)30-12-18-13-34(27(39)41-18)17-4-5-19(20(29)10-17)15-3-6-21-16(9-15)11-28(22-14-40-8-7-33(21)22)24(36)31-26(38)32-25(28)37/h3-6,9-10,18,22H,2,7-8,11-14H2,1H3,(H,30,35)(H2,31,32,36,37,38)/t18-,22?/m0/s1. The predicted molar refractivity (Wildman–Crippen MR) is 143 cm³/mol. The Balaban J connectivity index is 1.28. The number of hydrogen-bond acceptors (Lipinski definition) is 8. The van der Waals surface area contributed by atoms with E-state index in [1.54, 1.807) is 31.2 Å². The van der Waals surface area contributed by atoms with Gasteiger partial charge in [-0.15, -0.1) is 0 Å². The minimum atomic E-state index is -1.59. The molecule has 3 fully saturated rings. The van der Waals surface area contributed by atoms with Gasteiger partial charge in [0.2, 0.25) is 17.7 Å². The first-order chi connectivity index (χ1) is 19.7. The number of halogens is 1. The van der Waals surface area contributed by atoms with Crippen molar-refractivity contribution in [2.45, 2.75) is 31.9 Å². The number of urea groups is 1. The molecular formula is C28H28FN5O7. The molecule has 6 amide bonds. The van der Waals surface area contributed by atoms with Crippen molar-refractivity contribution in [1.82, 2.24) is 16.0 Å². The summed E-state index contributed by atoms with van der Waals surface area (Å²) in [6.45, 7) is 3.02. The third-order valence-corrected chi connectivity index (χ3v) is 8.12. The first kappa shape index (κ1) is 26.7. The largest absolute Gasteiger partial charge is 0.442 e. The number of morpholine rings is 1. The summed E-state index contributed by atoms with van der Waals surface area (Å²) in [4.78, 5) is 65.4. The fraction of sp³-hybridized carbons (Fsp3) is 0.393. The predicted octanol–water partition coefficient (Wildman–Crippen LogP) is 1.46. The molecule has 12 nitrogen and oxygen atoms in total. The molecule has 0 aromatic heterocycles. The van der Waals surface area contributed by atoms with Gasteiger partial charge in [0.15, 0.2) is 5.41 Å². The zero-order valence-corrected chi connectivity index (χ0v) is 22.2. The van der Waals surface area contributed by atoms with Crippen LogP contribution in [0.15, 0.2) is 36.4 Å². The van der Waals surface area contributed by atoms with E-state index in [9.17, 15) is 24.0 Å². The first-order valence-electron chi connectivity index (χ1n) is 13.4. The molecule has 0 saturated carbocycles. The zero-order chi connectivity index (χ0) is 28.9. The van der Waals surface area contributed by atoms with Crippen LogP contribution >= 0.6 is 0 Å². The summed E-state index contributed by atoms with van der Waals surface area (Å²) in [5.74, 6) is -2.12. The van der Waals surface area contributed by atoms with Crippen LogP contribution in [-0.2, 0) is 30.3 Å². The Hall–Kier alpha value is -4.52. The number of ether oxygens (including phenoxy) is 2. The molecule has 1 spiro atoms. The number of anilines is 2. The number of nitrogens with zero attached hydrogens (tertiary/aromatic N) is 2.